The summed E-state index contributed by atoms with van der Waals surface area (Å²) in [6.07, 6.45) is 3.80. The molecule has 1 aliphatic rings. The molecule has 0 bridgehead atoms. The SMILES string of the molecule is Cn1cc(-c2cc3c(cc2F)N(C(=O)O)CCC3)cn1. The van der Waals surface area contributed by atoms with Crippen molar-refractivity contribution in [2.24, 2.45) is 7.05 Å². The fourth-order valence-corrected chi connectivity index (χ4v) is 2.59. The zero-order valence-corrected chi connectivity index (χ0v) is 11.0. The van der Waals surface area contributed by atoms with Crippen LogP contribution < -0.4 is 4.90 Å². The average Bonchev–Trinajstić information content (AvgIpc) is 2.83. The predicted molar refractivity (Wildman–Crippen MR) is 72.3 cm³/mol. The fourth-order valence-electron chi connectivity index (χ4n) is 2.59. The molecule has 1 aromatic heterocycles. The maximum Gasteiger partial charge on any atom is 0.411 e. The first kappa shape index (κ1) is 12.7. The molecule has 0 saturated heterocycles. The first-order valence-electron chi connectivity index (χ1n) is 6.38. The van der Waals surface area contributed by atoms with Crippen molar-refractivity contribution < 1.29 is 14.3 Å². The molecule has 2 aromatic rings. The van der Waals surface area contributed by atoms with E-state index in [0.717, 1.165) is 18.4 Å². The first-order valence-corrected chi connectivity index (χ1v) is 6.38. The Morgan fingerprint density at radius 2 is 2.25 bits per heavy atom. The lowest BCUT2D eigenvalue weighted by Crippen LogP contribution is -2.34. The van der Waals surface area contributed by atoms with Gasteiger partial charge in [0.2, 0.25) is 0 Å². The van der Waals surface area contributed by atoms with Crippen LogP contribution in [0.1, 0.15) is 12.0 Å². The Morgan fingerprint density at radius 1 is 1.45 bits per heavy atom. The molecule has 5 nitrogen and oxygen atoms in total. The highest BCUT2D eigenvalue weighted by Gasteiger charge is 2.24. The number of benzene rings is 1. The van der Waals surface area contributed by atoms with E-state index in [9.17, 15) is 9.18 Å². The van der Waals surface area contributed by atoms with Crippen LogP contribution in [0.5, 0.6) is 0 Å². The van der Waals surface area contributed by atoms with Gasteiger partial charge in [-0.1, -0.05) is 0 Å². The van der Waals surface area contributed by atoms with Crippen LogP contribution in [0.2, 0.25) is 0 Å². The van der Waals surface area contributed by atoms with Gasteiger partial charge < -0.3 is 5.11 Å². The summed E-state index contributed by atoms with van der Waals surface area (Å²) < 4.78 is 15.9. The van der Waals surface area contributed by atoms with Gasteiger partial charge in [0.25, 0.3) is 0 Å². The molecule has 6 heteroatoms. The van der Waals surface area contributed by atoms with Crippen LogP contribution >= 0.6 is 0 Å². The summed E-state index contributed by atoms with van der Waals surface area (Å²) in [6.45, 7) is 0.411. The molecule has 0 radical (unpaired) electrons. The number of rotatable bonds is 1. The van der Waals surface area contributed by atoms with Crippen molar-refractivity contribution in [3.05, 3.63) is 35.9 Å². The van der Waals surface area contributed by atoms with E-state index >= 15 is 0 Å². The highest BCUT2D eigenvalue weighted by atomic mass is 19.1. The van der Waals surface area contributed by atoms with Crippen LogP contribution in [0, 0.1) is 5.82 Å². The van der Waals surface area contributed by atoms with E-state index in [2.05, 4.69) is 5.10 Å². The summed E-state index contributed by atoms with van der Waals surface area (Å²) in [5.74, 6) is -0.426. The quantitative estimate of drug-likeness (QED) is 0.870. The number of hydrogen-bond donors (Lipinski definition) is 1. The van der Waals surface area contributed by atoms with E-state index in [1.807, 2.05) is 0 Å². The molecule has 0 atom stereocenters. The van der Waals surface area contributed by atoms with E-state index < -0.39 is 11.9 Å². The van der Waals surface area contributed by atoms with E-state index in [0.29, 0.717) is 23.4 Å². The van der Waals surface area contributed by atoms with Crippen LogP contribution in [0.15, 0.2) is 24.5 Å². The van der Waals surface area contributed by atoms with Crippen LogP contribution in [0.4, 0.5) is 14.9 Å². The maximum atomic E-state index is 14.3. The lowest BCUT2D eigenvalue weighted by molar-refractivity contribution is 0.201. The molecule has 3 rings (SSSR count). The second kappa shape index (κ2) is 4.63. The zero-order chi connectivity index (χ0) is 14.3. The van der Waals surface area contributed by atoms with E-state index in [-0.39, 0.29) is 0 Å². The number of amides is 1. The van der Waals surface area contributed by atoms with Gasteiger partial charge in [0.1, 0.15) is 5.82 Å². The van der Waals surface area contributed by atoms with Crippen molar-refractivity contribution in [3.8, 4) is 11.1 Å². The smallest absolute Gasteiger partial charge is 0.411 e. The molecule has 1 aliphatic heterocycles. The van der Waals surface area contributed by atoms with E-state index in [4.69, 9.17) is 5.11 Å². The minimum atomic E-state index is -1.04. The topological polar surface area (TPSA) is 58.4 Å². The normalized spacial score (nSPS) is 14.2. The highest BCUT2D eigenvalue weighted by Crippen LogP contribution is 2.33. The van der Waals surface area contributed by atoms with Crippen molar-refractivity contribution in [2.75, 3.05) is 11.4 Å². The monoisotopic (exact) mass is 275 g/mol. The molecule has 1 aromatic carbocycles. The molecule has 104 valence electrons. The number of carbonyl (C=O) groups is 1. The molecule has 0 unspecified atom stereocenters. The number of aryl methyl sites for hydroxylation is 2. The number of halogens is 1. The van der Waals surface area contributed by atoms with Gasteiger partial charge in [-0.3, -0.25) is 9.58 Å². The molecular formula is C14H14FN3O2. The molecule has 0 fully saturated rings. The number of hydrogen-bond acceptors (Lipinski definition) is 2. The highest BCUT2D eigenvalue weighted by molar-refractivity contribution is 5.88. The predicted octanol–water partition coefficient (Wildman–Crippen LogP) is 2.66. The van der Waals surface area contributed by atoms with Gasteiger partial charge in [-0.2, -0.15) is 5.10 Å². The van der Waals surface area contributed by atoms with Crippen LogP contribution in [0.25, 0.3) is 11.1 Å². The number of carboxylic acid groups (broad SMARTS) is 1. The van der Waals surface area contributed by atoms with Crippen LogP contribution in [-0.4, -0.2) is 27.5 Å². The van der Waals surface area contributed by atoms with Crippen molar-refractivity contribution in [1.29, 1.82) is 0 Å². The summed E-state index contributed by atoms with van der Waals surface area (Å²) in [6, 6.07) is 3.04. The summed E-state index contributed by atoms with van der Waals surface area (Å²) >= 11 is 0. The molecular weight excluding hydrogens is 261 g/mol. The third-order valence-corrected chi connectivity index (χ3v) is 3.53. The minimum absolute atomic E-state index is 0.411. The molecule has 2 heterocycles. The van der Waals surface area contributed by atoms with Crippen LogP contribution in [-0.2, 0) is 13.5 Å². The number of fused-ring (bicyclic) bond motifs is 1. The zero-order valence-electron chi connectivity index (χ0n) is 11.0. The average molecular weight is 275 g/mol. The Kier molecular flexibility index (Phi) is 2.93. The van der Waals surface area contributed by atoms with Crippen LogP contribution in [0.3, 0.4) is 0 Å². The largest absolute Gasteiger partial charge is 0.465 e. The van der Waals surface area contributed by atoms with Crippen molar-refractivity contribution in [1.82, 2.24) is 9.78 Å². The molecule has 0 spiro atoms. The fraction of sp³-hybridized carbons (Fsp3) is 0.286. The molecule has 0 saturated carbocycles. The van der Waals surface area contributed by atoms with Crippen molar-refractivity contribution in [2.45, 2.75) is 12.8 Å². The third kappa shape index (κ3) is 2.03. The first-order chi connectivity index (χ1) is 9.56. The molecule has 20 heavy (non-hydrogen) atoms. The summed E-state index contributed by atoms with van der Waals surface area (Å²) in [7, 11) is 1.77. The molecule has 0 aliphatic carbocycles. The minimum Gasteiger partial charge on any atom is -0.465 e. The van der Waals surface area contributed by atoms with E-state index in [1.165, 1.54) is 11.0 Å². The Morgan fingerprint density at radius 3 is 2.90 bits per heavy atom. The standard InChI is InChI=1S/C14H14FN3O2/c1-17-8-10(7-16-17)11-5-9-3-2-4-18(14(19)20)13(9)6-12(11)15/h5-8H,2-4H2,1H3,(H,19,20). The summed E-state index contributed by atoms with van der Waals surface area (Å²) in [4.78, 5) is 12.4. The lowest BCUT2D eigenvalue weighted by Gasteiger charge is -2.27. The number of aromatic nitrogens is 2. The Balaban J connectivity index is 2.10. The number of anilines is 1. The second-order valence-corrected chi connectivity index (χ2v) is 4.90. The Bertz CT molecular complexity index is 681. The maximum absolute atomic E-state index is 14.3. The van der Waals surface area contributed by atoms with Gasteiger partial charge in [-0.05, 0) is 30.5 Å². The van der Waals surface area contributed by atoms with Crippen molar-refractivity contribution in [3.63, 3.8) is 0 Å². The lowest BCUT2D eigenvalue weighted by atomic mass is 9.97. The summed E-state index contributed by atoms with van der Waals surface area (Å²) in [5.41, 5.74) is 2.47. The Hall–Kier alpha value is -2.37. The number of nitrogens with zero attached hydrogens (tertiary/aromatic N) is 3. The molecule has 1 N–H and O–H groups in total. The molecule has 1 amide bonds. The van der Waals surface area contributed by atoms with Gasteiger partial charge in [0, 0.05) is 30.9 Å². The second-order valence-electron chi connectivity index (χ2n) is 4.90. The van der Waals surface area contributed by atoms with E-state index in [1.54, 1.807) is 30.2 Å². The van der Waals surface area contributed by atoms with Gasteiger partial charge >= 0.3 is 6.09 Å². The van der Waals surface area contributed by atoms with Gasteiger partial charge in [-0.25, -0.2) is 9.18 Å². The Labute approximate surface area is 115 Å². The third-order valence-electron chi connectivity index (χ3n) is 3.53. The van der Waals surface area contributed by atoms with Gasteiger partial charge in [0.15, 0.2) is 0 Å². The van der Waals surface area contributed by atoms with Crippen molar-refractivity contribution >= 4 is 11.8 Å². The van der Waals surface area contributed by atoms with Gasteiger partial charge in [-0.15, -0.1) is 0 Å². The summed E-state index contributed by atoms with van der Waals surface area (Å²) in [5, 5.41) is 13.2. The van der Waals surface area contributed by atoms with Gasteiger partial charge in [0.05, 0.1) is 11.9 Å².